The van der Waals surface area contributed by atoms with Crippen molar-refractivity contribution in [2.75, 3.05) is 56.2 Å². The molecule has 0 spiro atoms. The minimum Gasteiger partial charge on any atom is -0.484 e. The van der Waals surface area contributed by atoms with Gasteiger partial charge in [-0.2, -0.15) is 0 Å². The van der Waals surface area contributed by atoms with Crippen LogP contribution in [-0.4, -0.2) is 62.7 Å². The molecular weight excluding hydrogens is 413 g/mol. The number of para-hydroxylation sites is 1. The van der Waals surface area contributed by atoms with E-state index in [0.29, 0.717) is 69.4 Å². The Labute approximate surface area is 187 Å². The van der Waals surface area contributed by atoms with Crippen LogP contribution in [0, 0.1) is 11.7 Å². The van der Waals surface area contributed by atoms with Crippen LogP contribution < -0.4 is 15.0 Å². The monoisotopic (exact) mass is 441 g/mol. The molecule has 0 aromatic heterocycles. The average molecular weight is 442 g/mol. The van der Waals surface area contributed by atoms with Gasteiger partial charge in [0, 0.05) is 37.8 Å². The van der Waals surface area contributed by atoms with E-state index >= 15 is 0 Å². The molecule has 0 saturated carbocycles. The molecular formula is C24H28FN3O4. The fourth-order valence-corrected chi connectivity index (χ4v) is 4.03. The van der Waals surface area contributed by atoms with Crippen molar-refractivity contribution >= 4 is 23.2 Å². The van der Waals surface area contributed by atoms with E-state index in [4.69, 9.17) is 9.47 Å². The number of hydrogen-bond donors (Lipinski definition) is 1. The quantitative estimate of drug-likeness (QED) is 0.747. The molecule has 4 rings (SSSR count). The lowest BCUT2D eigenvalue weighted by Gasteiger charge is -2.31. The van der Waals surface area contributed by atoms with Gasteiger partial charge in [-0.3, -0.25) is 9.59 Å². The molecule has 2 heterocycles. The molecule has 2 saturated heterocycles. The summed E-state index contributed by atoms with van der Waals surface area (Å²) in [6.07, 6.45) is 1.13. The number of halogens is 1. The van der Waals surface area contributed by atoms with Crippen molar-refractivity contribution in [2.45, 2.75) is 12.8 Å². The number of nitrogens with zero attached hydrogens (tertiary/aromatic N) is 2. The zero-order valence-electron chi connectivity index (χ0n) is 18.0. The van der Waals surface area contributed by atoms with E-state index < -0.39 is 0 Å². The highest BCUT2D eigenvalue weighted by Gasteiger charge is 2.28. The first-order valence-electron chi connectivity index (χ1n) is 11.0. The van der Waals surface area contributed by atoms with Crippen molar-refractivity contribution in [3.8, 4) is 5.75 Å². The number of ether oxygens (including phenoxy) is 2. The van der Waals surface area contributed by atoms with Crippen LogP contribution in [0.4, 0.5) is 15.8 Å². The molecule has 2 aliphatic heterocycles. The molecule has 0 unspecified atom stereocenters. The van der Waals surface area contributed by atoms with Gasteiger partial charge in [0.2, 0.25) is 5.91 Å². The summed E-state index contributed by atoms with van der Waals surface area (Å²) < 4.78 is 25.4. The summed E-state index contributed by atoms with van der Waals surface area (Å²) in [6, 6.07) is 14.0. The summed E-state index contributed by atoms with van der Waals surface area (Å²) in [5.74, 6) is -0.147. The first kappa shape index (κ1) is 22.1. The maximum absolute atomic E-state index is 14.6. The fraction of sp³-hybridized carbons (Fsp3) is 0.417. The van der Waals surface area contributed by atoms with E-state index in [0.717, 1.165) is 0 Å². The Morgan fingerprint density at radius 1 is 1.03 bits per heavy atom. The van der Waals surface area contributed by atoms with Crippen molar-refractivity contribution in [1.29, 1.82) is 0 Å². The molecule has 170 valence electrons. The molecule has 2 amide bonds. The lowest BCUT2D eigenvalue weighted by molar-refractivity contribution is -0.136. The highest BCUT2D eigenvalue weighted by molar-refractivity contribution is 5.93. The van der Waals surface area contributed by atoms with E-state index in [1.165, 1.54) is 6.07 Å². The minimum atomic E-state index is -0.358. The number of amides is 2. The van der Waals surface area contributed by atoms with Crippen molar-refractivity contribution in [2.24, 2.45) is 5.92 Å². The molecule has 0 radical (unpaired) electrons. The Morgan fingerprint density at radius 2 is 1.75 bits per heavy atom. The smallest absolute Gasteiger partial charge is 0.260 e. The van der Waals surface area contributed by atoms with Gasteiger partial charge in [-0.25, -0.2) is 4.39 Å². The van der Waals surface area contributed by atoms with Gasteiger partial charge in [0.25, 0.3) is 5.91 Å². The molecule has 0 atom stereocenters. The zero-order chi connectivity index (χ0) is 22.3. The molecule has 7 nitrogen and oxygen atoms in total. The van der Waals surface area contributed by atoms with E-state index in [1.54, 1.807) is 29.2 Å². The number of carbonyl (C=O) groups excluding carboxylic acids is 2. The van der Waals surface area contributed by atoms with Crippen molar-refractivity contribution in [1.82, 2.24) is 4.90 Å². The molecule has 0 bridgehead atoms. The van der Waals surface area contributed by atoms with Crippen LogP contribution in [-0.2, 0) is 14.3 Å². The predicted molar refractivity (Wildman–Crippen MR) is 119 cm³/mol. The van der Waals surface area contributed by atoms with Crippen LogP contribution in [0.1, 0.15) is 12.8 Å². The second-order valence-corrected chi connectivity index (χ2v) is 8.01. The first-order chi connectivity index (χ1) is 15.6. The lowest BCUT2D eigenvalue weighted by atomic mass is 9.95. The number of likely N-dealkylation sites (tertiary alicyclic amines) is 1. The zero-order valence-corrected chi connectivity index (χ0v) is 18.0. The summed E-state index contributed by atoms with van der Waals surface area (Å²) in [4.78, 5) is 28.7. The fourth-order valence-electron chi connectivity index (χ4n) is 4.03. The third kappa shape index (κ3) is 5.56. The molecule has 32 heavy (non-hydrogen) atoms. The third-order valence-corrected chi connectivity index (χ3v) is 5.89. The van der Waals surface area contributed by atoms with Crippen molar-refractivity contribution in [3.63, 3.8) is 0 Å². The Kier molecular flexibility index (Phi) is 7.21. The van der Waals surface area contributed by atoms with Crippen LogP contribution in [0.25, 0.3) is 0 Å². The number of anilines is 2. The maximum atomic E-state index is 14.6. The summed E-state index contributed by atoms with van der Waals surface area (Å²) in [5.41, 5.74) is 0.968. The molecule has 8 heteroatoms. The van der Waals surface area contributed by atoms with E-state index in [1.807, 2.05) is 23.1 Å². The minimum absolute atomic E-state index is 0.0182. The molecule has 2 aromatic carbocycles. The number of hydrogen-bond acceptors (Lipinski definition) is 5. The van der Waals surface area contributed by atoms with Gasteiger partial charge in [0.05, 0.1) is 18.9 Å². The van der Waals surface area contributed by atoms with Gasteiger partial charge < -0.3 is 24.6 Å². The van der Waals surface area contributed by atoms with Gasteiger partial charge in [-0.1, -0.05) is 18.2 Å². The highest BCUT2D eigenvalue weighted by atomic mass is 19.1. The van der Waals surface area contributed by atoms with Gasteiger partial charge in [0.15, 0.2) is 6.61 Å². The molecule has 1 N–H and O–H groups in total. The first-order valence-corrected chi connectivity index (χ1v) is 11.0. The van der Waals surface area contributed by atoms with Crippen molar-refractivity contribution < 1.29 is 23.5 Å². The number of morpholine rings is 1. The Balaban J connectivity index is 1.24. The van der Waals surface area contributed by atoms with Gasteiger partial charge >= 0.3 is 0 Å². The normalized spacial score (nSPS) is 17.2. The summed E-state index contributed by atoms with van der Waals surface area (Å²) in [5, 5.41) is 2.82. The summed E-state index contributed by atoms with van der Waals surface area (Å²) in [7, 11) is 0. The predicted octanol–water partition coefficient (Wildman–Crippen LogP) is 2.92. The molecule has 2 fully saturated rings. The average Bonchev–Trinajstić information content (AvgIpc) is 2.84. The molecule has 2 aliphatic rings. The van der Waals surface area contributed by atoms with Gasteiger partial charge in [0.1, 0.15) is 11.6 Å². The summed E-state index contributed by atoms with van der Waals surface area (Å²) in [6.45, 7) is 3.44. The topological polar surface area (TPSA) is 71.1 Å². The lowest BCUT2D eigenvalue weighted by Crippen LogP contribution is -2.43. The second-order valence-electron chi connectivity index (χ2n) is 8.01. The second kappa shape index (κ2) is 10.5. The molecule has 2 aromatic rings. The number of nitrogens with one attached hydrogen (secondary N) is 1. The van der Waals surface area contributed by atoms with Gasteiger partial charge in [-0.15, -0.1) is 0 Å². The number of rotatable bonds is 6. The Morgan fingerprint density at radius 3 is 2.44 bits per heavy atom. The third-order valence-electron chi connectivity index (χ3n) is 5.89. The van der Waals surface area contributed by atoms with Crippen molar-refractivity contribution in [3.05, 3.63) is 54.3 Å². The van der Waals surface area contributed by atoms with Crippen LogP contribution in [0.2, 0.25) is 0 Å². The number of benzene rings is 2. The van der Waals surface area contributed by atoms with Gasteiger partial charge in [-0.05, 0) is 43.2 Å². The SMILES string of the molecule is O=C(Nc1ccc(N2CCOCC2)c(F)c1)C1CCN(C(=O)COc2ccccc2)CC1. The Hall–Kier alpha value is -3.13. The van der Waals surface area contributed by atoms with Crippen LogP contribution >= 0.6 is 0 Å². The van der Waals surface area contributed by atoms with E-state index in [2.05, 4.69) is 5.32 Å². The largest absolute Gasteiger partial charge is 0.484 e. The highest BCUT2D eigenvalue weighted by Crippen LogP contribution is 2.25. The van der Waals surface area contributed by atoms with Crippen LogP contribution in [0.15, 0.2) is 48.5 Å². The Bertz CT molecular complexity index is 926. The summed E-state index contributed by atoms with van der Waals surface area (Å²) >= 11 is 0. The standard InChI is InChI=1S/C24H28FN3O4/c25-21-16-19(6-7-22(21)27-12-14-31-15-13-27)26-24(30)18-8-10-28(11-9-18)23(29)17-32-20-4-2-1-3-5-20/h1-7,16,18H,8-15,17H2,(H,26,30). The number of piperidine rings is 1. The maximum Gasteiger partial charge on any atom is 0.260 e. The van der Waals surface area contributed by atoms with E-state index in [-0.39, 0.29) is 30.2 Å². The number of carbonyl (C=O) groups is 2. The van der Waals surface area contributed by atoms with Crippen LogP contribution in [0.3, 0.4) is 0 Å². The molecule has 0 aliphatic carbocycles. The van der Waals surface area contributed by atoms with E-state index in [9.17, 15) is 14.0 Å². The van der Waals surface area contributed by atoms with Crippen LogP contribution in [0.5, 0.6) is 5.75 Å².